The second-order valence-electron chi connectivity index (χ2n) is 4.06. The van der Waals surface area contributed by atoms with Gasteiger partial charge >= 0.3 is 0 Å². The third-order valence-electron chi connectivity index (χ3n) is 2.68. The minimum atomic E-state index is -0.430. The van der Waals surface area contributed by atoms with Gasteiger partial charge in [-0.25, -0.2) is 4.39 Å². The zero-order chi connectivity index (χ0) is 13.5. The lowest BCUT2D eigenvalue weighted by Gasteiger charge is -2.07. The van der Waals surface area contributed by atoms with Crippen LogP contribution in [-0.4, -0.2) is 11.6 Å². The van der Waals surface area contributed by atoms with Gasteiger partial charge < -0.3 is 4.74 Å². The Labute approximate surface area is 111 Å². The van der Waals surface area contributed by atoms with Crippen molar-refractivity contribution in [3.8, 4) is 11.8 Å². The monoisotopic (exact) mass is 256 g/mol. The standard InChI is InChI=1S/C15H13FN2O/c16-14-3-4-15(13(10-14)11-17)19-9-1-2-12-5-7-18-8-6-12/h3-8,10H,1-2,9H2. The fourth-order valence-electron chi connectivity index (χ4n) is 1.72. The van der Waals surface area contributed by atoms with Crippen molar-refractivity contribution in [2.45, 2.75) is 12.8 Å². The van der Waals surface area contributed by atoms with E-state index < -0.39 is 5.82 Å². The zero-order valence-electron chi connectivity index (χ0n) is 10.3. The van der Waals surface area contributed by atoms with E-state index in [-0.39, 0.29) is 5.56 Å². The number of pyridine rings is 1. The van der Waals surface area contributed by atoms with E-state index >= 15 is 0 Å². The number of halogens is 1. The molecule has 0 aliphatic heterocycles. The molecule has 0 aliphatic rings. The number of aromatic nitrogens is 1. The molecule has 1 aromatic heterocycles. The summed E-state index contributed by atoms with van der Waals surface area (Å²) in [6, 6.07) is 9.79. The first-order chi connectivity index (χ1) is 9.29. The molecule has 0 spiro atoms. The molecule has 1 heterocycles. The van der Waals surface area contributed by atoms with Gasteiger partial charge in [0.05, 0.1) is 12.2 Å². The van der Waals surface area contributed by atoms with Crippen molar-refractivity contribution in [3.05, 3.63) is 59.7 Å². The molecule has 0 bridgehead atoms. The minimum Gasteiger partial charge on any atom is -0.492 e. The fraction of sp³-hybridized carbons (Fsp3) is 0.200. The molecule has 4 heteroatoms. The molecule has 96 valence electrons. The molecule has 1 aromatic carbocycles. The Morgan fingerprint density at radius 3 is 2.74 bits per heavy atom. The van der Waals surface area contributed by atoms with Crippen molar-refractivity contribution >= 4 is 0 Å². The first-order valence-corrected chi connectivity index (χ1v) is 6.01. The van der Waals surface area contributed by atoms with Crippen molar-refractivity contribution in [3.63, 3.8) is 0 Å². The van der Waals surface area contributed by atoms with Crippen LogP contribution in [0.3, 0.4) is 0 Å². The van der Waals surface area contributed by atoms with Crippen molar-refractivity contribution < 1.29 is 9.13 Å². The fourth-order valence-corrected chi connectivity index (χ4v) is 1.72. The van der Waals surface area contributed by atoms with Crippen molar-refractivity contribution in [2.75, 3.05) is 6.61 Å². The average molecular weight is 256 g/mol. The Kier molecular flexibility index (Phi) is 4.46. The predicted octanol–water partition coefficient (Wildman–Crippen LogP) is 3.10. The van der Waals surface area contributed by atoms with E-state index in [1.165, 1.54) is 23.8 Å². The number of aryl methyl sites for hydroxylation is 1. The molecule has 0 unspecified atom stereocenters. The molecule has 0 saturated carbocycles. The van der Waals surface area contributed by atoms with Gasteiger partial charge in [-0.3, -0.25) is 4.98 Å². The summed E-state index contributed by atoms with van der Waals surface area (Å²) in [6.45, 7) is 0.489. The van der Waals surface area contributed by atoms with Gasteiger partial charge in [0.25, 0.3) is 0 Å². The summed E-state index contributed by atoms with van der Waals surface area (Å²) < 4.78 is 18.4. The normalized spacial score (nSPS) is 9.89. The predicted molar refractivity (Wildman–Crippen MR) is 69.2 cm³/mol. The van der Waals surface area contributed by atoms with Crippen molar-refractivity contribution in [1.29, 1.82) is 5.26 Å². The lowest BCUT2D eigenvalue weighted by Crippen LogP contribution is -2.01. The number of ether oxygens (including phenoxy) is 1. The molecular formula is C15H13FN2O. The van der Waals surface area contributed by atoms with Gasteiger partial charge in [0, 0.05) is 12.4 Å². The second-order valence-corrected chi connectivity index (χ2v) is 4.06. The SMILES string of the molecule is N#Cc1cc(F)ccc1OCCCc1ccncc1. The summed E-state index contributed by atoms with van der Waals surface area (Å²) in [5, 5.41) is 8.87. The number of rotatable bonds is 5. The van der Waals surface area contributed by atoms with Gasteiger partial charge in [-0.1, -0.05) is 0 Å². The van der Waals surface area contributed by atoms with Crippen LogP contribution in [0.4, 0.5) is 4.39 Å². The van der Waals surface area contributed by atoms with E-state index in [1.54, 1.807) is 12.4 Å². The van der Waals surface area contributed by atoms with Crippen LogP contribution in [0, 0.1) is 17.1 Å². The number of nitrogens with zero attached hydrogens (tertiary/aromatic N) is 2. The lowest BCUT2D eigenvalue weighted by molar-refractivity contribution is 0.309. The number of hydrogen-bond donors (Lipinski definition) is 0. The molecule has 0 fully saturated rings. The first-order valence-electron chi connectivity index (χ1n) is 6.01. The second kappa shape index (κ2) is 6.50. The van der Waals surface area contributed by atoms with E-state index in [1.807, 2.05) is 18.2 Å². The van der Waals surface area contributed by atoms with E-state index in [4.69, 9.17) is 10.00 Å². The summed E-state index contributed by atoms with van der Waals surface area (Å²) in [5.41, 5.74) is 1.42. The van der Waals surface area contributed by atoms with Gasteiger partial charge in [-0.15, -0.1) is 0 Å². The Morgan fingerprint density at radius 2 is 2.00 bits per heavy atom. The largest absolute Gasteiger partial charge is 0.492 e. The van der Waals surface area contributed by atoms with Gasteiger partial charge in [0.1, 0.15) is 17.6 Å². The highest BCUT2D eigenvalue weighted by molar-refractivity contribution is 5.42. The maximum atomic E-state index is 12.9. The lowest BCUT2D eigenvalue weighted by atomic mass is 10.1. The highest BCUT2D eigenvalue weighted by atomic mass is 19.1. The van der Waals surface area contributed by atoms with Crippen LogP contribution in [0.1, 0.15) is 17.5 Å². The Bertz CT molecular complexity index is 578. The summed E-state index contributed by atoms with van der Waals surface area (Å²) in [6.07, 6.45) is 5.21. The Morgan fingerprint density at radius 1 is 1.21 bits per heavy atom. The summed E-state index contributed by atoms with van der Waals surface area (Å²) in [4.78, 5) is 3.95. The molecule has 0 atom stereocenters. The van der Waals surface area contributed by atoms with E-state index in [9.17, 15) is 4.39 Å². The number of benzene rings is 1. The molecule has 0 aliphatic carbocycles. The molecule has 0 radical (unpaired) electrons. The summed E-state index contributed by atoms with van der Waals surface area (Å²) in [5.74, 6) is -0.000635. The van der Waals surface area contributed by atoms with Crippen LogP contribution < -0.4 is 4.74 Å². The van der Waals surface area contributed by atoms with E-state index in [2.05, 4.69) is 4.98 Å². The quantitative estimate of drug-likeness (QED) is 0.772. The first kappa shape index (κ1) is 13.0. The van der Waals surface area contributed by atoms with Crippen molar-refractivity contribution in [1.82, 2.24) is 4.98 Å². The number of nitriles is 1. The molecule has 0 saturated heterocycles. The zero-order valence-corrected chi connectivity index (χ0v) is 10.3. The Hall–Kier alpha value is -2.41. The van der Waals surface area contributed by atoms with Crippen LogP contribution in [-0.2, 0) is 6.42 Å². The van der Waals surface area contributed by atoms with E-state index in [0.717, 1.165) is 12.8 Å². The molecule has 0 N–H and O–H groups in total. The van der Waals surface area contributed by atoms with Crippen LogP contribution in [0.2, 0.25) is 0 Å². The van der Waals surface area contributed by atoms with Gasteiger partial charge in [-0.05, 0) is 48.7 Å². The minimum absolute atomic E-state index is 0.226. The molecule has 3 nitrogen and oxygen atoms in total. The highest BCUT2D eigenvalue weighted by Crippen LogP contribution is 2.18. The number of hydrogen-bond acceptors (Lipinski definition) is 3. The molecule has 2 rings (SSSR count). The van der Waals surface area contributed by atoms with Gasteiger partial charge in [-0.2, -0.15) is 5.26 Å². The average Bonchev–Trinajstić information content (AvgIpc) is 2.46. The van der Waals surface area contributed by atoms with Crippen LogP contribution >= 0.6 is 0 Å². The molecular weight excluding hydrogens is 243 g/mol. The van der Waals surface area contributed by atoms with Gasteiger partial charge in [0.15, 0.2) is 0 Å². The highest BCUT2D eigenvalue weighted by Gasteiger charge is 2.04. The Balaban J connectivity index is 1.85. The smallest absolute Gasteiger partial charge is 0.137 e. The van der Waals surface area contributed by atoms with Crippen LogP contribution in [0.25, 0.3) is 0 Å². The summed E-state index contributed by atoms with van der Waals surface area (Å²) >= 11 is 0. The third kappa shape index (κ3) is 3.78. The van der Waals surface area contributed by atoms with Gasteiger partial charge in [0.2, 0.25) is 0 Å². The van der Waals surface area contributed by atoms with Crippen LogP contribution in [0.5, 0.6) is 5.75 Å². The molecule has 2 aromatic rings. The molecule has 0 amide bonds. The van der Waals surface area contributed by atoms with Crippen molar-refractivity contribution in [2.24, 2.45) is 0 Å². The maximum Gasteiger partial charge on any atom is 0.137 e. The maximum absolute atomic E-state index is 12.9. The molecule has 19 heavy (non-hydrogen) atoms. The van der Waals surface area contributed by atoms with Crippen LogP contribution in [0.15, 0.2) is 42.7 Å². The topological polar surface area (TPSA) is 45.9 Å². The summed E-state index contributed by atoms with van der Waals surface area (Å²) in [7, 11) is 0. The van der Waals surface area contributed by atoms with E-state index in [0.29, 0.717) is 12.4 Å². The third-order valence-corrected chi connectivity index (χ3v) is 2.68.